The van der Waals surface area contributed by atoms with E-state index in [0.29, 0.717) is 37.9 Å². The van der Waals surface area contributed by atoms with Gasteiger partial charge in [0.1, 0.15) is 23.7 Å². The Morgan fingerprint density at radius 1 is 0.667 bits per heavy atom. The maximum absolute atomic E-state index is 14.2. The normalized spacial score (nSPS) is 24.7. The first kappa shape index (κ1) is 40.8. The molecule has 3 saturated heterocycles. The second-order valence-electron chi connectivity index (χ2n) is 18.3. The maximum Gasteiger partial charge on any atom is 0.407 e. The Kier molecular flexibility index (Phi) is 10.7. The molecule has 0 bridgehead atoms. The lowest BCUT2D eigenvalue weighted by molar-refractivity contribution is -0.138. The largest absolute Gasteiger partial charge is 0.453 e. The van der Waals surface area contributed by atoms with E-state index in [1.54, 1.807) is 0 Å². The van der Waals surface area contributed by atoms with Gasteiger partial charge in [-0.2, -0.15) is 0 Å². The Bertz CT molecular complexity index is 2550. The number of fused-ring (bicyclic) bond motifs is 3. The average molecular weight is 855 g/mol. The van der Waals surface area contributed by atoms with Crippen molar-refractivity contribution in [2.45, 2.75) is 88.6 Å². The summed E-state index contributed by atoms with van der Waals surface area (Å²) >= 11 is 0. The highest BCUT2D eigenvalue weighted by Crippen LogP contribution is 2.54. The van der Waals surface area contributed by atoms with Crippen LogP contribution in [0.3, 0.4) is 0 Å². The molecule has 0 radical (unpaired) electrons. The first-order chi connectivity index (χ1) is 30.6. The zero-order valence-corrected chi connectivity index (χ0v) is 36.0. The molecule has 8 atom stereocenters. The molecule has 15 nitrogen and oxygen atoms in total. The van der Waals surface area contributed by atoms with Crippen LogP contribution >= 0.6 is 0 Å². The lowest BCUT2D eigenvalue weighted by Gasteiger charge is -2.35. The molecular formula is C48H54N8O7. The van der Waals surface area contributed by atoms with Crippen LogP contribution in [0.1, 0.15) is 76.1 Å². The number of amides is 4. The van der Waals surface area contributed by atoms with Gasteiger partial charge in [0, 0.05) is 30.9 Å². The van der Waals surface area contributed by atoms with Gasteiger partial charge < -0.3 is 44.6 Å². The van der Waals surface area contributed by atoms with Gasteiger partial charge in [0.15, 0.2) is 0 Å². The number of aromatic nitrogens is 4. The van der Waals surface area contributed by atoms with Crippen LogP contribution in [-0.2, 0) is 23.8 Å². The van der Waals surface area contributed by atoms with Crippen molar-refractivity contribution in [3.05, 3.63) is 84.7 Å². The summed E-state index contributed by atoms with van der Waals surface area (Å²) in [5, 5.41) is 7.81. The fraction of sp³-hybridized carbons (Fsp3) is 0.458. The van der Waals surface area contributed by atoms with Crippen molar-refractivity contribution >= 4 is 34.8 Å². The van der Waals surface area contributed by atoms with E-state index in [1.807, 2.05) is 36.0 Å². The zero-order valence-electron chi connectivity index (χ0n) is 36.0. The van der Waals surface area contributed by atoms with Crippen LogP contribution in [0.25, 0.3) is 44.4 Å². The van der Waals surface area contributed by atoms with Crippen LogP contribution in [0.2, 0.25) is 0 Å². The Hall–Kier alpha value is -6.22. The van der Waals surface area contributed by atoms with Crippen LogP contribution < -0.4 is 10.6 Å². The number of nitrogens with one attached hydrogen (secondary N) is 4. The van der Waals surface area contributed by atoms with Crippen molar-refractivity contribution < 1.29 is 33.4 Å². The molecule has 5 fully saturated rings. The van der Waals surface area contributed by atoms with Gasteiger partial charge in [-0.3, -0.25) is 9.59 Å². The lowest BCUT2D eigenvalue weighted by Crippen LogP contribution is -2.54. The summed E-state index contributed by atoms with van der Waals surface area (Å²) in [7, 11) is 2.63. The van der Waals surface area contributed by atoms with Gasteiger partial charge in [0.05, 0.1) is 50.1 Å². The van der Waals surface area contributed by atoms with Crippen LogP contribution in [0, 0.1) is 23.7 Å². The Morgan fingerprint density at radius 3 is 1.76 bits per heavy atom. The molecule has 4 amide bonds. The number of carbonyl (C=O) groups is 4. The predicted molar refractivity (Wildman–Crippen MR) is 234 cm³/mol. The third-order valence-electron chi connectivity index (χ3n) is 14.1. The van der Waals surface area contributed by atoms with Crippen molar-refractivity contribution in [2.24, 2.45) is 23.7 Å². The van der Waals surface area contributed by atoms with Gasteiger partial charge in [-0.05, 0) is 102 Å². The smallest absolute Gasteiger partial charge is 0.407 e. The Morgan fingerprint density at radius 2 is 1.17 bits per heavy atom. The maximum atomic E-state index is 14.2. The van der Waals surface area contributed by atoms with Crippen LogP contribution in [0.4, 0.5) is 9.59 Å². The SMILES string of the molecule is COC(=O)N[C@H](C(=O)N1[C@@H]2C[C@@H]2C[C@H]1c1ncc(-c2ccc3cc(-c4ccc(-c5cnc([C@@H]6C[C@H]7C[C@H]7N6C(=O)[C@@H](NC(=O)OC)C6CCOCC6)[nH]5)cc4)ccc3c2)[nH]1)C(C)C. The minimum Gasteiger partial charge on any atom is -0.453 e. The van der Waals surface area contributed by atoms with E-state index in [1.165, 1.54) is 14.2 Å². The Labute approximate surface area is 365 Å². The number of ether oxygens (including phenoxy) is 3. The number of nitrogens with zero attached hydrogens (tertiary/aromatic N) is 4. The van der Waals surface area contributed by atoms with E-state index < -0.39 is 24.3 Å². The fourth-order valence-corrected chi connectivity index (χ4v) is 10.4. The third-order valence-corrected chi connectivity index (χ3v) is 14.1. The molecule has 328 valence electrons. The standard InChI is InChI=1S/C48H54N8O7/c1-25(2)41(53-47(59)61-3)45(57)55-37-19-33(37)21-39(55)44-50-24-36(52-44)32-12-11-30-17-29(9-10-31(30)18-32)26-5-7-27(8-6-26)35-23-49-43(51-35)40-22-34-20-38(34)56(40)46(58)42(54-48(60)62-4)28-13-15-63-16-14-28/h5-12,17-18,23-25,28,33-34,37-42H,13-16,19-22H2,1-4H3,(H,49,51)(H,50,52)(H,53,59)(H,54,60)/t33-,34-,37-,38-,39+,40+,41+,42+/m1/s1. The summed E-state index contributed by atoms with van der Waals surface area (Å²) in [5.41, 5.74) is 5.95. The summed E-state index contributed by atoms with van der Waals surface area (Å²) in [6.07, 6.45) is 7.51. The number of rotatable bonds is 11. The molecule has 5 heterocycles. The van der Waals surface area contributed by atoms with Crippen LogP contribution in [-0.4, -0.2) is 105 Å². The van der Waals surface area contributed by atoms with E-state index in [-0.39, 0.29) is 47.8 Å². The van der Waals surface area contributed by atoms with Crippen molar-refractivity contribution in [2.75, 3.05) is 27.4 Å². The molecule has 5 aromatic rings. The van der Waals surface area contributed by atoms with Gasteiger partial charge in [0.2, 0.25) is 11.8 Å². The number of imidazole rings is 2. The number of hydrogen-bond donors (Lipinski definition) is 4. The number of alkyl carbamates (subject to hydrolysis) is 2. The summed E-state index contributed by atoms with van der Waals surface area (Å²) in [4.78, 5) is 73.1. The fourth-order valence-electron chi connectivity index (χ4n) is 10.4. The number of likely N-dealkylation sites (tertiary alicyclic amines) is 2. The molecule has 2 aliphatic carbocycles. The molecule has 0 unspecified atom stereocenters. The first-order valence-electron chi connectivity index (χ1n) is 22.2. The predicted octanol–water partition coefficient (Wildman–Crippen LogP) is 7.14. The topological polar surface area (TPSA) is 184 Å². The highest BCUT2D eigenvalue weighted by molar-refractivity contribution is 5.91. The zero-order chi connectivity index (χ0) is 43.5. The molecular weight excluding hydrogens is 801 g/mol. The van der Waals surface area contributed by atoms with Gasteiger partial charge in [-0.15, -0.1) is 0 Å². The minimum atomic E-state index is -0.679. The molecule has 3 aliphatic heterocycles. The third kappa shape index (κ3) is 7.80. The molecule has 0 spiro atoms. The quantitative estimate of drug-likeness (QED) is 0.107. The number of piperidine rings is 2. The van der Waals surface area contributed by atoms with Gasteiger partial charge in [-0.1, -0.05) is 62.4 Å². The molecule has 2 aromatic heterocycles. The second kappa shape index (κ2) is 16.5. The first-order valence-corrected chi connectivity index (χ1v) is 22.2. The number of H-pyrrole nitrogens is 2. The Balaban J connectivity index is 0.819. The summed E-state index contributed by atoms with van der Waals surface area (Å²) in [5.74, 6) is 2.11. The van der Waals surface area contributed by atoms with Crippen molar-refractivity contribution in [1.29, 1.82) is 0 Å². The summed E-state index contributed by atoms with van der Waals surface area (Å²) < 4.78 is 15.3. The van der Waals surface area contributed by atoms with Crippen molar-refractivity contribution in [3.63, 3.8) is 0 Å². The van der Waals surface area contributed by atoms with E-state index in [2.05, 4.69) is 81.3 Å². The van der Waals surface area contributed by atoms with Gasteiger partial charge in [-0.25, -0.2) is 19.6 Å². The molecule has 2 saturated carbocycles. The highest BCUT2D eigenvalue weighted by atomic mass is 16.5. The molecule has 4 N–H and O–H groups in total. The van der Waals surface area contributed by atoms with E-state index in [0.717, 1.165) is 81.7 Å². The van der Waals surface area contributed by atoms with E-state index in [4.69, 9.17) is 24.2 Å². The average Bonchev–Trinajstić information content (AvgIpc) is 3.89. The van der Waals surface area contributed by atoms with Gasteiger partial charge >= 0.3 is 12.2 Å². The second-order valence-corrected chi connectivity index (χ2v) is 18.3. The number of benzene rings is 3. The number of methoxy groups -OCH3 is 2. The lowest BCUT2D eigenvalue weighted by atomic mass is 9.90. The monoisotopic (exact) mass is 854 g/mol. The van der Waals surface area contributed by atoms with Crippen LogP contribution in [0.5, 0.6) is 0 Å². The highest BCUT2D eigenvalue weighted by Gasteiger charge is 2.57. The molecule has 10 rings (SSSR count). The van der Waals surface area contributed by atoms with E-state index in [9.17, 15) is 19.2 Å². The van der Waals surface area contributed by atoms with Gasteiger partial charge in [0.25, 0.3) is 0 Å². The van der Waals surface area contributed by atoms with Crippen LogP contribution in [0.15, 0.2) is 73.1 Å². The minimum absolute atomic E-state index is 0.0195. The summed E-state index contributed by atoms with van der Waals surface area (Å²) in [6, 6.07) is 19.9. The molecule has 63 heavy (non-hydrogen) atoms. The summed E-state index contributed by atoms with van der Waals surface area (Å²) in [6.45, 7) is 4.98. The number of carbonyl (C=O) groups excluding carboxylic acids is 4. The van der Waals surface area contributed by atoms with Crippen molar-refractivity contribution in [3.8, 4) is 33.6 Å². The number of hydrogen-bond acceptors (Lipinski definition) is 9. The van der Waals surface area contributed by atoms with E-state index >= 15 is 0 Å². The molecule has 3 aromatic carbocycles. The number of aromatic amines is 2. The molecule has 5 aliphatic rings. The van der Waals surface area contributed by atoms with Crippen molar-refractivity contribution in [1.82, 2.24) is 40.4 Å². The molecule has 15 heteroatoms.